The van der Waals surface area contributed by atoms with Gasteiger partial charge in [-0.25, -0.2) is 4.39 Å². The van der Waals surface area contributed by atoms with Crippen LogP contribution in [-0.2, 0) is 4.79 Å². The van der Waals surface area contributed by atoms with Crippen LogP contribution in [0.15, 0.2) is 42.5 Å². The first-order valence-corrected chi connectivity index (χ1v) is 8.72. The molecule has 136 valence electrons. The number of hydrogen-bond acceptors (Lipinski definition) is 4. The summed E-state index contributed by atoms with van der Waals surface area (Å²) in [6.45, 7) is 2.27. The van der Waals surface area contributed by atoms with Crippen LogP contribution in [0.3, 0.4) is 0 Å². The van der Waals surface area contributed by atoms with Gasteiger partial charge >= 0.3 is 0 Å². The van der Waals surface area contributed by atoms with Crippen molar-refractivity contribution in [2.45, 2.75) is 25.0 Å². The fraction of sp³-hybridized carbons (Fsp3) is 0.350. The Bertz CT molecular complexity index is 823. The van der Waals surface area contributed by atoms with Crippen molar-refractivity contribution in [3.05, 3.63) is 59.4 Å². The van der Waals surface area contributed by atoms with Crippen LogP contribution in [0.5, 0.6) is 11.5 Å². The second-order valence-corrected chi connectivity index (χ2v) is 6.56. The van der Waals surface area contributed by atoms with Gasteiger partial charge in [0.1, 0.15) is 23.4 Å². The maximum atomic E-state index is 13.5. The third kappa shape index (κ3) is 2.90. The number of nitrogens with one attached hydrogen (secondary N) is 1. The van der Waals surface area contributed by atoms with E-state index in [1.807, 2.05) is 31.2 Å². The molecule has 4 unspecified atom stereocenters. The lowest BCUT2D eigenvalue weighted by atomic mass is 10.1. The number of hydrogen-bond donors (Lipinski definition) is 2. The van der Waals surface area contributed by atoms with Gasteiger partial charge in [0.25, 0.3) is 0 Å². The van der Waals surface area contributed by atoms with Gasteiger partial charge in [-0.05, 0) is 42.8 Å². The van der Waals surface area contributed by atoms with Crippen molar-refractivity contribution in [3.8, 4) is 11.5 Å². The minimum absolute atomic E-state index is 0.111. The van der Waals surface area contributed by atoms with Crippen LogP contribution in [-0.4, -0.2) is 30.3 Å². The topological polar surface area (TPSA) is 67.8 Å². The second-order valence-electron chi connectivity index (χ2n) is 6.56. The molecule has 0 spiro atoms. The zero-order valence-electron chi connectivity index (χ0n) is 14.3. The second kappa shape index (κ2) is 6.61. The van der Waals surface area contributed by atoms with Gasteiger partial charge < -0.3 is 19.9 Å². The predicted octanol–water partition coefficient (Wildman–Crippen LogP) is 2.55. The molecule has 1 saturated carbocycles. The van der Waals surface area contributed by atoms with Crippen LogP contribution in [0.2, 0.25) is 0 Å². The van der Waals surface area contributed by atoms with Crippen molar-refractivity contribution in [2.24, 2.45) is 5.92 Å². The SMILES string of the molecule is CCOc1ccc(C(CO)NC(=O)C2C3Oc4ccc(F)cc4C32)cc1. The molecular weight excluding hydrogens is 337 g/mol. The molecule has 1 heterocycles. The first-order chi connectivity index (χ1) is 12.6. The molecular formula is C20H20FNO4. The van der Waals surface area contributed by atoms with Gasteiger partial charge in [0.2, 0.25) is 5.91 Å². The lowest BCUT2D eigenvalue weighted by molar-refractivity contribution is -0.124. The van der Waals surface area contributed by atoms with E-state index in [0.29, 0.717) is 12.4 Å². The number of carbonyl (C=O) groups excluding carboxylic acids is 1. The minimum Gasteiger partial charge on any atom is -0.494 e. The summed E-state index contributed by atoms with van der Waals surface area (Å²) >= 11 is 0. The molecule has 2 aliphatic rings. The van der Waals surface area contributed by atoms with Crippen molar-refractivity contribution in [2.75, 3.05) is 13.2 Å². The molecule has 0 bridgehead atoms. The molecule has 2 N–H and O–H groups in total. The Kier molecular flexibility index (Phi) is 4.28. The van der Waals surface area contributed by atoms with Crippen LogP contribution in [0, 0.1) is 11.7 Å². The van der Waals surface area contributed by atoms with E-state index in [-0.39, 0.29) is 36.3 Å². The maximum absolute atomic E-state index is 13.5. The van der Waals surface area contributed by atoms with E-state index < -0.39 is 6.04 Å². The monoisotopic (exact) mass is 357 g/mol. The normalized spacial score (nSPS) is 23.4. The Morgan fingerprint density at radius 1 is 1.31 bits per heavy atom. The van der Waals surface area contributed by atoms with Crippen molar-refractivity contribution in [3.63, 3.8) is 0 Å². The molecule has 4 atom stereocenters. The molecule has 0 saturated heterocycles. The largest absolute Gasteiger partial charge is 0.494 e. The van der Waals surface area contributed by atoms with Gasteiger partial charge in [-0.1, -0.05) is 12.1 Å². The zero-order valence-corrected chi connectivity index (χ0v) is 14.3. The first kappa shape index (κ1) is 16.8. The number of aliphatic hydroxyl groups is 1. The molecule has 0 aromatic heterocycles. The van der Waals surface area contributed by atoms with Crippen LogP contribution >= 0.6 is 0 Å². The summed E-state index contributed by atoms with van der Waals surface area (Å²) in [7, 11) is 0. The van der Waals surface area contributed by atoms with E-state index in [2.05, 4.69) is 5.32 Å². The highest BCUT2D eigenvalue weighted by atomic mass is 19.1. The van der Waals surface area contributed by atoms with Gasteiger partial charge in [-0.2, -0.15) is 0 Å². The molecule has 1 amide bonds. The highest BCUT2D eigenvalue weighted by molar-refractivity contribution is 5.86. The van der Waals surface area contributed by atoms with Gasteiger partial charge in [0.05, 0.1) is 25.2 Å². The molecule has 26 heavy (non-hydrogen) atoms. The number of benzene rings is 2. The number of fused-ring (bicyclic) bond motifs is 3. The van der Waals surface area contributed by atoms with Crippen molar-refractivity contribution in [1.82, 2.24) is 5.32 Å². The summed E-state index contributed by atoms with van der Waals surface area (Å²) in [4.78, 5) is 12.6. The lowest BCUT2D eigenvalue weighted by Gasteiger charge is -2.18. The molecule has 2 aromatic carbocycles. The van der Waals surface area contributed by atoms with Gasteiger partial charge in [-0.15, -0.1) is 0 Å². The summed E-state index contributed by atoms with van der Waals surface area (Å²) in [5.74, 6) is 0.407. The minimum atomic E-state index is -0.508. The predicted molar refractivity (Wildman–Crippen MR) is 92.6 cm³/mol. The summed E-state index contributed by atoms with van der Waals surface area (Å²) in [6, 6.07) is 11.1. The molecule has 1 fully saturated rings. The Morgan fingerprint density at radius 2 is 2.08 bits per heavy atom. The van der Waals surface area contributed by atoms with E-state index in [1.165, 1.54) is 12.1 Å². The summed E-state index contributed by atoms with van der Waals surface area (Å²) in [5, 5.41) is 12.5. The molecule has 4 rings (SSSR count). The quantitative estimate of drug-likeness (QED) is 0.834. The average Bonchev–Trinajstić information content (AvgIpc) is 3.25. The van der Waals surface area contributed by atoms with Gasteiger partial charge in [-0.3, -0.25) is 4.79 Å². The summed E-state index contributed by atoms with van der Waals surface area (Å²) in [6.07, 6.45) is -0.244. The van der Waals surface area contributed by atoms with Crippen LogP contribution in [0.1, 0.15) is 30.0 Å². The van der Waals surface area contributed by atoms with Crippen molar-refractivity contribution in [1.29, 1.82) is 0 Å². The van der Waals surface area contributed by atoms with Crippen molar-refractivity contribution >= 4 is 5.91 Å². The van der Waals surface area contributed by atoms with E-state index >= 15 is 0 Å². The lowest BCUT2D eigenvalue weighted by Crippen LogP contribution is -2.33. The van der Waals surface area contributed by atoms with Crippen molar-refractivity contribution < 1.29 is 23.8 Å². The molecule has 5 nitrogen and oxygen atoms in total. The van der Waals surface area contributed by atoms with Gasteiger partial charge in [0, 0.05) is 11.5 Å². The standard InChI is InChI=1S/C20H20FNO4/c1-2-25-13-6-3-11(4-7-13)15(10-23)22-20(24)18-17-14-9-12(21)5-8-16(14)26-19(17)18/h3-9,15,17-19,23H,2,10H2,1H3,(H,22,24). The van der Waals surface area contributed by atoms with Crippen LogP contribution in [0.25, 0.3) is 0 Å². The van der Waals surface area contributed by atoms with E-state index in [9.17, 15) is 14.3 Å². The zero-order chi connectivity index (χ0) is 18.3. The first-order valence-electron chi connectivity index (χ1n) is 8.72. The number of halogens is 1. The Balaban J connectivity index is 1.43. The van der Waals surface area contributed by atoms with Gasteiger partial charge in [0.15, 0.2) is 0 Å². The highest BCUT2D eigenvalue weighted by Gasteiger charge is 2.62. The maximum Gasteiger partial charge on any atom is 0.228 e. The van der Waals surface area contributed by atoms with Crippen LogP contribution in [0.4, 0.5) is 4.39 Å². The Labute approximate surface area is 150 Å². The van der Waals surface area contributed by atoms with E-state index in [0.717, 1.165) is 16.9 Å². The summed E-state index contributed by atoms with van der Waals surface area (Å²) in [5.41, 5.74) is 1.54. The van der Waals surface area contributed by atoms with Crippen LogP contribution < -0.4 is 14.8 Å². The third-order valence-electron chi connectivity index (χ3n) is 4.94. The van der Waals surface area contributed by atoms with E-state index in [1.54, 1.807) is 6.07 Å². The Morgan fingerprint density at radius 3 is 2.77 bits per heavy atom. The number of carbonyl (C=O) groups is 1. The highest BCUT2D eigenvalue weighted by Crippen LogP contribution is 2.58. The molecule has 1 aliphatic carbocycles. The average molecular weight is 357 g/mol. The molecule has 6 heteroatoms. The number of aliphatic hydroxyl groups excluding tert-OH is 1. The van der Waals surface area contributed by atoms with E-state index in [4.69, 9.17) is 9.47 Å². The smallest absolute Gasteiger partial charge is 0.228 e. The molecule has 0 radical (unpaired) electrons. The Hall–Kier alpha value is -2.60. The molecule has 2 aromatic rings. The number of amides is 1. The number of ether oxygens (including phenoxy) is 2. The fourth-order valence-corrected chi connectivity index (χ4v) is 3.61. The molecule has 1 aliphatic heterocycles. The summed E-state index contributed by atoms with van der Waals surface area (Å²) < 4.78 is 24.6. The fourth-order valence-electron chi connectivity index (χ4n) is 3.61. The third-order valence-corrected chi connectivity index (χ3v) is 4.94. The number of rotatable bonds is 6.